The molecule has 0 saturated heterocycles. The summed E-state index contributed by atoms with van der Waals surface area (Å²) < 4.78 is 1.61. The Kier molecular flexibility index (Phi) is 3.72. The van der Waals surface area contributed by atoms with E-state index in [1.807, 2.05) is 30.3 Å². The highest BCUT2D eigenvalue weighted by atomic mass is 16.2. The number of hydrogen-bond donors (Lipinski definition) is 2. The normalized spacial score (nSPS) is 15.9. The molecule has 25 heavy (non-hydrogen) atoms. The molecule has 1 aliphatic heterocycles. The van der Waals surface area contributed by atoms with E-state index in [4.69, 9.17) is 0 Å². The maximum Gasteiger partial charge on any atom is 0.328 e. The summed E-state index contributed by atoms with van der Waals surface area (Å²) in [7, 11) is 0. The predicted octanol–water partition coefficient (Wildman–Crippen LogP) is 1.29. The Morgan fingerprint density at radius 3 is 2.72 bits per heavy atom. The number of benzene rings is 2. The third-order valence-corrected chi connectivity index (χ3v) is 4.64. The van der Waals surface area contributed by atoms with E-state index >= 15 is 0 Å². The first kappa shape index (κ1) is 15.4. The van der Waals surface area contributed by atoms with Crippen molar-refractivity contribution in [1.82, 2.24) is 14.9 Å². The van der Waals surface area contributed by atoms with Gasteiger partial charge in [0.1, 0.15) is 0 Å². The highest BCUT2D eigenvalue weighted by molar-refractivity contribution is 5.94. The molecular formula is C19H17N3O3. The first-order chi connectivity index (χ1) is 12.1. The van der Waals surface area contributed by atoms with Crippen LogP contribution in [0.15, 0.2) is 58.1 Å². The minimum Gasteiger partial charge on any atom is -0.352 e. The number of nitrogens with zero attached hydrogens (tertiary/aromatic N) is 1. The Bertz CT molecular complexity index is 1070. The molecule has 0 bridgehead atoms. The summed E-state index contributed by atoms with van der Waals surface area (Å²) in [5, 5.41) is 3.47. The molecule has 2 N–H and O–H groups in total. The van der Waals surface area contributed by atoms with E-state index in [0.717, 1.165) is 12.0 Å². The van der Waals surface area contributed by atoms with Crippen LogP contribution >= 0.6 is 0 Å². The molecule has 6 nitrogen and oxygen atoms in total. The van der Waals surface area contributed by atoms with Crippen molar-refractivity contribution in [1.29, 1.82) is 0 Å². The van der Waals surface area contributed by atoms with Crippen molar-refractivity contribution >= 4 is 16.8 Å². The van der Waals surface area contributed by atoms with Crippen LogP contribution in [0.3, 0.4) is 0 Å². The third kappa shape index (κ3) is 2.76. The quantitative estimate of drug-likeness (QED) is 0.756. The van der Waals surface area contributed by atoms with Gasteiger partial charge in [0, 0.05) is 18.7 Å². The van der Waals surface area contributed by atoms with Gasteiger partial charge in [0.25, 0.3) is 11.5 Å². The average molecular weight is 335 g/mol. The largest absolute Gasteiger partial charge is 0.352 e. The summed E-state index contributed by atoms with van der Waals surface area (Å²) in [5.41, 5.74) is 1.54. The van der Waals surface area contributed by atoms with Crippen molar-refractivity contribution in [3.05, 3.63) is 80.5 Å². The Morgan fingerprint density at radius 2 is 1.92 bits per heavy atom. The third-order valence-electron chi connectivity index (χ3n) is 4.64. The molecule has 1 amide bonds. The van der Waals surface area contributed by atoms with E-state index in [0.29, 0.717) is 29.6 Å². The second-order valence-electron chi connectivity index (χ2n) is 6.33. The van der Waals surface area contributed by atoms with Crippen LogP contribution in [0.1, 0.15) is 15.9 Å². The molecule has 3 aromatic rings. The summed E-state index contributed by atoms with van der Waals surface area (Å²) in [6.45, 7) is 0.938. The second kappa shape index (κ2) is 6.05. The summed E-state index contributed by atoms with van der Waals surface area (Å²) >= 11 is 0. The number of H-pyrrole nitrogens is 1. The van der Waals surface area contributed by atoms with Crippen molar-refractivity contribution in [3.63, 3.8) is 0 Å². The zero-order valence-corrected chi connectivity index (χ0v) is 13.5. The molecule has 126 valence electrons. The SMILES string of the molecule is O=C(NCC1Cc2cccc3c(=O)[nH]c(=O)n(c23)C1)c1ccccc1. The first-order valence-corrected chi connectivity index (χ1v) is 8.21. The number of nitrogens with one attached hydrogen (secondary N) is 2. The van der Waals surface area contributed by atoms with Gasteiger partial charge in [0.15, 0.2) is 0 Å². The Labute approximate surface area is 143 Å². The highest BCUT2D eigenvalue weighted by Crippen LogP contribution is 2.24. The molecule has 2 heterocycles. The number of carbonyl (C=O) groups excluding carboxylic acids is 1. The average Bonchev–Trinajstić information content (AvgIpc) is 2.64. The fourth-order valence-electron chi connectivity index (χ4n) is 3.46. The molecule has 6 heteroatoms. The first-order valence-electron chi connectivity index (χ1n) is 8.21. The number of aromatic amines is 1. The smallest absolute Gasteiger partial charge is 0.328 e. The second-order valence-corrected chi connectivity index (χ2v) is 6.33. The van der Waals surface area contributed by atoms with E-state index in [2.05, 4.69) is 10.3 Å². The van der Waals surface area contributed by atoms with Gasteiger partial charge in [0.2, 0.25) is 0 Å². The van der Waals surface area contributed by atoms with Crippen molar-refractivity contribution in [2.75, 3.05) is 6.54 Å². The molecule has 1 unspecified atom stereocenters. The van der Waals surface area contributed by atoms with Gasteiger partial charge < -0.3 is 5.32 Å². The lowest BCUT2D eigenvalue weighted by atomic mass is 9.93. The van der Waals surface area contributed by atoms with E-state index in [1.165, 1.54) is 0 Å². The summed E-state index contributed by atoms with van der Waals surface area (Å²) in [5.74, 6) is -0.0345. The van der Waals surface area contributed by atoms with Gasteiger partial charge in [-0.2, -0.15) is 0 Å². The van der Waals surface area contributed by atoms with Gasteiger partial charge >= 0.3 is 5.69 Å². The summed E-state index contributed by atoms with van der Waals surface area (Å²) in [4.78, 5) is 38.7. The van der Waals surface area contributed by atoms with Gasteiger partial charge in [0.05, 0.1) is 10.9 Å². The number of hydrogen-bond acceptors (Lipinski definition) is 3. The Balaban J connectivity index is 1.58. The molecule has 1 aliphatic rings. The lowest BCUT2D eigenvalue weighted by molar-refractivity contribution is 0.0945. The number of rotatable bonds is 3. The van der Waals surface area contributed by atoms with Crippen molar-refractivity contribution in [2.24, 2.45) is 5.92 Å². The molecule has 0 aliphatic carbocycles. The maximum atomic E-state index is 12.2. The van der Waals surface area contributed by atoms with Crippen molar-refractivity contribution in [2.45, 2.75) is 13.0 Å². The summed E-state index contributed by atoms with van der Waals surface area (Å²) in [6, 6.07) is 14.5. The molecule has 0 saturated carbocycles. The van der Waals surface area contributed by atoms with Gasteiger partial charge in [-0.05, 0) is 36.1 Å². The number of para-hydroxylation sites is 1. The molecule has 4 rings (SSSR count). The Hall–Kier alpha value is -3.15. The minimum atomic E-state index is -0.399. The molecule has 0 fully saturated rings. The number of aromatic nitrogens is 2. The lowest BCUT2D eigenvalue weighted by Gasteiger charge is -2.26. The fourth-order valence-corrected chi connectivity index (χ4v) is 3.46. The minimum absolute atomic E-state index is 0.0920. The van der Waals surface area contributed by atoms with Crippen LogP contribution in [-0.2, 0) is 13.0 Å². The standard InChI is InChI=1S/C19H17N3O3/c23-17(13-5-2-1-3-6-13)20-10-12-9-14-7-4-8-15-16(14)22(11-12)19(25)21-18(15)24/h1-8,12H,9-11H2,(H,20,23)(H,21,24,25). The van der Waals surface area contributed by atoms with Crippen LogP contribution in [0, 0.1) is 5.92 Å². The van der Waals surface area contributed by atoms with E-state index in [1.54, 1.807) is 22.8 Å². The van der Waals surface area contributed by atoms with Gasteiger partial charge in [-0.15, -0.1) is 0 Å². The topological polar surface area (TPSA) is 84.0 Å². The molecule has 1 aromatic heterocycles. The van der Waals surface area contributed by atoms with E-state index in [-0.39, 0.29) is 17.4 Å². The summed E-state index contributed by atoms with van der Waals surface area (Å²) in [6.07, 6.45) is 0.718. The monoisotopic (exact) mass is 335 g/mol. The van der Waals surface area contributed by atoms with Crippen LogP contribution in [-0.4, -0.2) is 22.0 Å². The van der Waals surface area contributed by atoms with E-state index in [9.17, 15) is 14.4 Å². The number of carbonyl (C=O) groups is 1. The van der Waals surface area contributed by atoms with E-state index < -0.39 is 5.69 Å². The van der Waals surface area contributed by atoms with Crippen molar-refractivity contribution < 1.29 is 4.79 Å². The Morgan fingerprint density at radius 1 is 1.12 bits per heavy atom. The van der Waals surface area contributed by atoms with Crippen LogP contribution in [0.2, 0.25) is 0 Å². The highest BCUT2D eigenvalue weighted by Gasteiger charge is 2.23. The maximum absolute atomic E-state index is 12.2. The molecule has 1 atom stereocenters. The van der Waals surface area contributed by atoms with Crippen molar-refractivity contribution in [3.8, 4) is 0 Å². The van der Waals surface area contributed by atoms with Crippen LogP contribution in [0.25, 0.3) is 10.9 Å². The van der Waals surface area contributed by atoms with Crippen LogP contribution in [0.5, 0.6) is 0 Å². The molecular weight excluding hydrogens is 318 g/mol. The van der Waals surface area contributed by atoms with Gasteiger partial charge in [-0.1, -0.05) is 30.3 Å². The van der Waals surface area contributed by atoms with Gasteiger partial charge in [-0.25, -0.2) is 4.79 Å². The molecule has 0 spiro atoms. The fraction of sp³-hybridized carbons (Fsp3) is 0.211. The van der Waals surface area contributed by atoms with Crippen LogP contribution < -0.4 is 16.6 Å². The lowest BCUT2D eigenvalue weighted by Crippen LogP contribution is -2.39. The molecule has 2 aromatic carbocycles. The number of amides is 1. The molecule has 0 radical (unpaired) electrons. The zero-order chi connectivity index (χ0) is 17.4. The predicted molar refractivity (Wildman–Crippen MR) is 94.8 cm³/mol. The zero-order valence-electron chi connectivity index (χ0n) is 13.5. The van der Waals surface area contributed by atoms with Crippen LogP contribution in [0.4, 0.5) is 0 Å². The van der Waals surface area contributed by atoms with Gasteiger partial charge in [-0.3, -0.25) is 19.1 Å².